The summed E-state index contributed by atoms with van der Waals surface area (Å²) in [5.74, 6) is -1.65. The summed E-state index contributed by atoms with van der Waals surface area (Å²) >= 11 is 1.40. The van der Waals surface area contributed by atoms with Gasteiger partial charge < -0.3 is 19.7 Å². The fraction of sp³-hybridized carbons (Fsp3) is 0.417. The Balaban J connectivity index is 1.38. The fourth-order valence-corrected chi connectivity index (χ4v) is 4.10. The minimum Gasteiger partial charge on any atom is -0.462 e. The van der Waals surface area contributed by atoms with Crippen molar-refractivity contribution in [2.75, 3.05) is 31.6 Å². The molecule has 1 aromatic carbocycles. The van der Waals surface area contributed by atoms with E-state index >= 15 is 0 Å². The minimum atomic E-state index is -0.466. The van der Waals surface area contributed by atoms with Crippen molar-refractivity contribution in [1.82, 2.24) is 4.90 Å². The lowest BCUT2D eigenvalue weighted by molar-refractivity contribution is -0.152. The van der Waals surface area contributed by atoms with Crippen molar-refractivity contribution in [3.63, 3.8) is 0 Å². The van der Waals surface area contributed by atoms with Crippen LogP contribution in [0.1, 0.15) is 52.6 Å². The van der Waals surface area contributed by atoms with Gasteiger partial charge in [-0.05, 0) is 55.0 Å². The van der Waals surface area contributed by atoms with Gasteiger partial charge in [0.2, 0.25) is 0 Å². The van der Waals surface area contributed by atoms with E-state index in [-0.39, 0.29) is 11.8 Å². The van der Waals surface area contributed by atoms with Crippen LogP contribution in [-0.4, -0.2) is 55.0 Å². The number of amides is 2. The van der Waals surface area contributed by atoms with Crippen molar-refractivity contribution < 1.29 is 28.7 Å². The lowest BCUT2D eigenvalue weighted by Gasteiger charge is -2.30. The SMILES string of the molecule is CCCCOC(=O)c1ccc(NC(=O)COC(=O)C2CCN(C(=O)c3cccs3)CC2)cc1. The largest absolute Gasteiger partial charge is 0.462 e. The molecule has 0 radical (unpaired) electrons. The first kappa shape index (κ1) is 24.4. The molecule has 1 aliphatic rings. The van der Waals surface area contributed by atoms with Gasteiger partial charge in [0, 0.05) is 18.8 Å². The number of anilines is 1. The lowest BCUT2D eigenvalue weighted by atomic mass is 9.97. The number of rotatable bonds is 9. The van der Waals surface area contributed by atoms with E-state index in [1.807, 2.05) is 18.4 Å². The molecular weight excluding hydrogens is 444 g/mol. The zero-order valence-electron chi connectivity index (χ0n) is 18.6. The van der Waals surface area contributed by atoms with Gasteiger partial charge in [0.25, 0.3) is 11.8 Å². The molecule has 0 saturated carbocycles. The van der Waals surface area contributed by atoms with Crippen molar-refractivity contribution >= 4 is 40.8 Å². The second kappa shape index (κ2) is 12.2. The van der Waals surface area contributed by atoms with Crippen LogP contribution in [0.2, 0.25) is 0 Å². The fourth-order valence-electron chi connectivity index (χ4n) is 3.41. The van der Waals surface area contributed by atoms with E-state index < -0.39 is 24.5 Å². The number of nitrogens with zero attached hydrogens (tertiary/aromatic N) is 1. The number of ether oxygens (including phenoxy) is 2. The predicted octanol–water partition coefficient (Wildman–Crippen LogP) is 3.74. The average Bonchev–Trinajstić information content (AvgIpc) is 3.38. The number of benzene rings is 1. The van der Waals surface area contributed by atoms with Gasteiger partial charge in [0.1, 0.15) is 0 Å². The maximum absolute atomic E-state index is 12.4. The Bertz CT molecular complexity index is 950. The monoisotopic (exact) mass is 472 g/mol. The van der Waals surface area contributed by atoms with Crippen LogP contribution in [0.3, 0.4) is 0 Å². The van der Waals surface area contributed by atoms with Gasteiger partial charge in [0.05, 0.1) is 23.0 Å². The number of thiophene rings is 1. The molecule has 1 saturated heterocycles. The second-order valence-corrected chi connectivity index (χ2v) is 8.71. The molecule has 1 aromatic heterocycles. The summed E-state index contributed by atoms with van der Waals surface area (Å²) in [6.07, 6.45) is 2.77. The van der Waals surface area contributed by atoms with Crippen LogP contribution in [0.4, 0.5) is 5.69 Å². The maximum atomic E-state index is 12.4. The van der Waals surface area contributed by atoms with Crippen molar-refractivity contribution in [3.8, 4) is 0 Å². The van der Waals surface area contributed by atoms with Crippen LogP contribution in [0, 0.1) is 5.92 Å². The van der Waals surface area contributed by atoms with Gasteiger partial charge in [-0.3, -0.25) is 14.4 Å². The average molecular weight is 473 g/mol. The third-order valence-corrected chi connectivity index (χ3v) is 6.19. The highest BCUT2D eigenvalue weighted by Gasteiger charge is 2.29. The number of hydrogen-bond donors (Lipinski definition) is 1. The third kappa shape index (κ3) is 7.15. The first-order chi connectivity index (χ1) is 16.0. The molecule has 2 heterocycles. The molecule has 2 amide bonds. The molecule has 1 fully saturated rings. The van der Waals surface area contributed by atoms with Crippen LogP contribution in [0.15, 0.2) is 41.8 Å². The quantitative estimate of drug-likeness (QED) is 0.441. The Labute approximate surface area is 196 Å². The first-order valence-corrected chi connectivity index (χ1v) is 11.9. The number of unbranched alkanes of at least 4 members (excludes halogenated alkanes) is 1. The molecule has 3 rings (SSSR count). The molecule has 1 aliphatic heterocycles. The molecular formula is C24H28N2O6S. The van der Waals surface area contributed by atoms with Crippen LogP contribution in [0.25, 0.3) is 0 Å². The second-order valence-electron chi connectivity index (χ2n) is 7.77. The van der Waals surface area contributed by atoms with Crippen LogP contribution in [0.5, 0.6) is 0 Å². The minimum absolute atomic E-state index is 0.0172. The summed E-state index contributed by atoms with van der Waals surface area (Å²) in [5, 5.41) is 4.50. The number of piperidine rings is 1. The highest BCUT2D eigenvalue weighted by molar-refractivity contribution is 7.12. The zero-order valence-corrected chi connectivity index (χ0v) is 19.4. The molecule has 0 spiro atoms. The summed E-state index contributed by atoms with van der Waals surface area (Å²) in [6.45, 7) is 2.96. The Kier molecular flexibility index (Phi) is 9.00. The molecule has 0 unspecified atom stereocenters. The van der Waals surface area contributed by atoms with E-state index in [0.717, 1.165) is 12.8 Å². The Morgan fingerprint density at radius 1 is 1.06 bits per heavy atom. The van der Waals surface area contributed by atoms with Crippen molar-refractivity contribution in [2.24, 2.45) is 5.92 Å². The highest BCUT2D eigenvalue weighted by atomic mass is 32.1. The van der Waals surface area contributed by atoms with Crippen molar-refractivity contribution in [3.05, 3.63) is 52.2 Å². The standard InChI is InChI=1S/C24H28N2O6S/c1-2-3-14-31-23(29)17-6-8-19(9-7-17)25-21(27)16-32-24(30)18-10-12-26(13-11-18)22(28)20-5-4-15-33-20/h4-9,15,18H,2-3,10-14,16H2,1H3,(H,25,27). The molecule has 0 aliphatic carbocycles. The van der Waals surface area contributed by atoms with Gasteiger partial charge in [-0.2, -0.15) is 0 Å². The number of carbonyl (C=O) groups is 4. The number of hydrogen-bond acceptors (Lipinski definition) is 7. The van der Waals surface area contributed by atoms with E-state index in [4.69, 9.17) is 9.47 Å². The summed E-state index contributed by atoms with van der Waals surface area (Å²) in [7, 11) is 0. The number of nitrogens with one attached hydrogen (secondary N) is 1. The first-order valence-electron chi connectivity index (χ1n) is 11.0. The molecule has 1 N–H and O–H groups in total. The third-order valence-electron chi connectivity index (χ3n) is 5.33. The topological polar surface area (TPSA) is 102 Å². The highest BCUT2D eigenvalue weighted by Crippen LogP contribution is 2.22. The molecule has 33 heavy (non-hydrogen) atoms. The smallest absolute Gasteiger partial charge is 0.338 e. The summed E-state index contributed by atoms with van der Waals surface area (Å²) in [4.78, 5) is 51.2. The van der Waals surface area contributed by atoms with Crippen molar-refractivity contribution in [2.45, 2.75) is 32.6 Å². The zero-order chi connectivity index (χ0) is 23.6. The normalized spacial score (nSPS) is 13.9. The number of carbonyl (C=O) groups excluding carboxylic acids is 4. The molecule has 0 atom stereocenters. The van der Waals surface area contributed by atoms with E-state index in [2.05, 4.69) is 5.32 Å². The molecule has 0 bridgehead atoms. The van der Waals surface area contributed by atoms with Crippen LogP contribution >= 0.6 is 11.3 Å². The maximum Gasteiger partial charge on any atom is 0.338 e. The van der Waals surface area contributed by atoms with E-state index in [0.29, 0.717) is 48.7 Å². The molecule has 9 heteroatoms. The Morgan fingerprint density at radius 2 is 1.79 bits per heavy atom. The summed E-state index contributed by atoms with van der Waals surface area (Å²) < 4.78 is 10.3. The number of esters is 2. The predicted molar refractivity (Wildman–Crippen MR) is 124 cm³/mol. The van der Waals surface area contributed by atoms with Gasteiger partial charge in [0.15, 0.2) is 6.61 Å². The lowest BCUT2D eigenvalue weighted by Crippen LogP contribution is -2.40. The van der Waals surface area contributed by atoms with Gasteiger partial charge in [-0.25, -0.2) is 4.79 Å². The Morgan fingerprint density at radius 3 is 2.42 bits per heavy atom. The summed E-state index contributed by atoms with van der Waals surface area (Å²) in [6, 6.07) is 9.96. The summed E-state index contributed by atoms with van der Waals surface area (Å²) in [5.41, 5.74) is 0.890. The Hall–Kier alpha value is -3.20. The van der Waals surface area contributed by atoms with E-state index in [9.17, 15) is 19.2 Å². The van der Waals surface area contributed by atoms with Gasteiger partial charge >= 0.3 is 11.9 Å². The molecule has 176 valence electrons. The van der Waals surface area contributed by atoms with Gasteiger partial charge in [-0.1, -0.05) is 19.4 Å². The van der Waals surface area contributed by atoms with Crippen LogP contribution < -0.4 is 5.32 Å². The molecule has 8 nitrogen and oxygen atoms in total. The van der Waals surface area contributed by atoms with E-state index in [1.54, 1.807) is 35.2 Å². The van der Waals surface area contributed by atoms with Gasteiger partial charge in [-0.15, -0.1) is 11.3 Å². The van der Waals surface area contributed by atoms with Crippen molar-refractivity contribution in [1.29, 1.82) is 0 Å². The van der Waals surface area contributed by atoms with Crippen LogP contribution in [-0.2, 0) is 19.1 Å². The molecule has 2 aromatic rings. The van der Waals surface area contributed by atoms with E-state index in [1.165, 1.54) is 11.3 Å². The number of likely N-dealkylation sites (tertiary alicyclic amines) is 1.